The predicted molar refractivity (Wildman–Crippen MR) is 114 cm³/mol. The van der Waals surface area contributed by atoms with Crippen molar-refractivity contribution >= 4 is 11.3 Å². The van der Waals surface area contributed by atoms with Gasteiger partial charge in [-0.25, -0.2) is 0 Å². The Hall–Kier alpha value is -3.16. The number of aromatic nitrogens is 2. The third-order valence-corrected chi connectivity index (χ3v) is 5.19. The smallest absolute Gasteiger partial charge is 0.248 e. The molecule has 138 valence electrons. The van der Waals surface area contributed by atoms with Crippen molar-refractivity contribution in [3.63, 3.8) is 0 Å². The summed E-state index contributed by atoms with van der Waals surface area (Å²) >= 11 is 1.64. The SMILES string of the molecule is CC(C)(C)c1ccc(-c2nnc(-c3ccc(C#Cc4cccs4)cc3)o2)cc1. The quantitative estimate of drug-likeness (QED) is 0.388. The van der Waals surface area contributed by atoms with E-state index in [2.05, 4.69) is 54.9 Å². The normalized spacial score (nSPS) is 11.1. The van der Waals surface area contributed by atoms with E-state index in [1.807, 2.05) is 53.9 Å². The van der Waals surface area contributed by atoms with Gasteiger partial charge in [-0.15, -0.1) is 21.5 Å². The average molecular weight is 385 g/mol. The van der Waals surface area contributed by atoms with Crippen molar-refractivity contribution in [1.29, 1.82) is 0 Å². The van der Waals surface area contributed by atoms with E-state index in [-0.39, 0.29) is 5.41 Å². The van der Waals surface area contributed by atoms with E-state index in [1.165, 1.54) is 5.56 Å². The van der Waals surface area contributed by atoms with Crippen LogP contribution in [0.2, 0.25) is 0 Å². The number of rotatable bonds is 2. The average Bonchev–Trinajstić information content (AvgIpc) is 3.38. The van der Waals surface area contributed by atoms with Crippen LogP contribution < -0.4 is 0 Å². The van der Waals surface area contributed by atoms with E-state index < -0.39 is 0 Å². The molecule has 0 unspecified atom stereocenters. The van der Waals surface area contributed by atoms with Crippen LogP contribution in [0.25, 0.3) is 22.9 Å². The summed E-state index contributed by atoms with van der Waals surface area (Å²) in [4.78, 5) is 1.06. The molecule has 0 saturated heterocycles. The van der Waals surface area contributed by atoms with Crippen LogP contribution in [0, 0.1) is 11.8 Å². The topological polar surface area (TPSA) is 38.9 Å². The zero-order valence-electron chi connectivity index (χ0n) is 16.1. The molecule has 0 bridgehead atoms. The van der Waals surface area contributed by atoms with Gasteiger partial charge in [-0.3, -0.25) is 0 Å². The van der Waals surface area contributed by atoms with E-state index in [0.29, 0.717) is 11.8 Å². The first-order valence-corrected chi connectivity index (χ1v) is 9.97. The Morgan fingerprint density at radius 3 is 1.93 bits per heavy atom. The second-order valence-corrected chi connectivity index (χ2v) is 8.49. The Morgan fingerprint density at radius 1 is 0.786 bits per heavy atom. The standard InChI is InChI=1S/C24H20N2OS/c1-24(2,3)20-13-11-19(12-14-20)23-26-25-22(27-23)18-9-6-17(7-10-18)8-15-21-5-4-16-28-21/h4-7,9-14,16H,1-3H3. The lowest BCUT2D eigenvalue weighted by Crippen LogP contribution is -2.10. The summed E-state index contributed by atoms with van der Waals surface area (Å²) in [5.41, 5.74) is 4.15. The van der Waals surface area contributed by atoms with Gasteiger partial charge in [-0.05, 0) is 58.8 Å². The van der Waals surface area contributed by atoms with Gasteiger partial charge >= 0.3 is 0 Å². The lowest BCUT2D eigenvalue weighted by atomic mass is 9.87. The Kier molecular flexibility index (Phi) is 4.85. The first kappa shape index (κ1) is 18.2. The van der Waals surface area contributed by atoms with Crippen molar-refractivity contribution in [2.45, 2.75) is 26.2 Å². The van der Waals surface area contributed by atoms with E-state index in [4.69, 9.17) is 4.42 Å². The van der Waals surface area contributed by atoms with E-state index in [0.717, 1.165) is 21.6 Å². The molecular formula is C24H20N2OS. The maximum atomic E-state index is 5.88. The molecule has 2 aromatic heterocycles. The van der Waals surface area contributed by atoms with Crippen LogP contribution in [0.15, 0.2) is 70.5 Å². The Balaban J connectivity index is 1.52. The fraction of sp³-hybridized carbons (Fsp3) is 0.167. The summed E-state index contributed by atoms with van der Waals surface area (Å²) in [6.45, 7) is 6.59. The van der Waals surface area contributed by atoms with Gasteiger partial charge in [0.05, 0.1) is 4.88 Å². The van der Waals surface area contributed by atoms with Gasteiger partial charge in [0, 0.05) is 16.7 Å². The lowest BCUT2D eigenvalue weighted by Gasteiger charge is -2.18. The molecular weight excluding hydrogens is 364 g/mol. The fourth-order valence-corrected chi connectivity index (χ4v) is 3.32. The van der Waals surface area contributed by atoms with Crippen LogP contribution in [0.1, 0.15) is 36.8 Å². The fourth-order valence-electron chi connectivity index (χ4n) is 2.75. The Labute approximate surface area is 169 Å². The van der Waals surface area contributed by atoms with Crippen molar-refractivity contribution in [3.05, 3.63) is 82.0 Å². The highest BCUT2D eigenvalue weighted by Crippen LogP contribution is 2.27. The molecule has 0 saturated carbocycles. The number of benzene rings is 2. The summed E-state index contributed by atoms with van der Waals surface area (Å²) in [6.07, 6.45) is 0. The Morgan fingerprint density at radius 2 is 1.39 bits per heavy atom. The van der Waals surface area contributed by atoms with Crippen LogP contribution in [0.4, 0.5) is 0 Å². The van der Waals surface area contributed by atoms with Gasteiger partial charge in [0.15, 0.2) is 0 Å². The highest BCUT2D eigenvalue weighted by Gasteiger charge is 2.15. The van der Waals surface area contributed by atoms with Crippen molar-refractivity contribution in [3.8, 4) is 34.7 Å². The molecule has 0 spiro atoms. The van der Waals surface area contributed by atoms with Crippen LogP contribution in [0.3, 0.4) is 0 Å². The van der Waals surface area contributed by atoms with Crippen molar-refractivity contribution in [1.82, 2.24) is 10.2 Å². The molecule has 4 rings (SSSR count). The molecule has 0 aliphatic rings. The first-order valence-electron chi connectivity index (χ1n) is 9.09. The van der Waals surface area contributed by atoms with E-state index >= 15 is 0 Å². The second kappa shape index (κ2) is 7.46. The van der Waals surface area contributed by atoms with Crippen LogP contribution in [-0.2, 0) is 5.41 Å². The van der Waals surface area contributed by atoms with Gasteiger partial charge in [-0.1, -0.05) is 50.8 Å². The van der Waals surface area contributed by atoms with Crippen molar-refractivity contribution in [2.24, 2.45) is 0 Å². The maximum Gasteiger partial charge on any atom is 0.248 e. The summed E-state index contributed by atoms with van der Waals surface area (Å²) in [6, 6.07) is 20.1. The molecule has 0 radical (unpaired) electrons. The Bertz CT molecular complexity index is 1120. The first-order chi connectivity index (χ1) is 13.5. The minimum atomic E-state index is 0.118. The summed E-state index contributed by atoms with van der Waals surface area (Å²) < 4.78 is 5.88. The molecule has 2 aromatic carbocycles. The van der Waals surface area contributed by atoms with Crippen molar-refractivity contribution < 1.29 is 4.42 Å². The number of hydrogen-bond acceptors (Lipinski definition) is 4. The molecule has 28 heavy (non-hydrogen) atoms. The van der Waals surface area contributed by atoms with E-state index in [1.54, 1.807) is 11.3 Å². The molecule has 0 atom stereocenters. The van der Waals surface area contributed by atoms with Crippen LogP contribution >= 0.6 is 11.3 Å². The minimum absolute atomic E-state index is 0.118. The number of thiophene rings is 1. The minimum Gasteiger partial charge on any atom is -0.416 e. The van der Waals surface area contributed by atoms with Gasteiger partial charge in [-0.2, -0.15) is 0 Å². The van der Waals surface area contributed by atoms with Crippen LogP contribution in [0.5, 0.6) is 0 Å². The monoisotopic (exact) mass is 384 g/mol. The molecule has 0 aliphatic heterocycles. The summed E-state index contributed by atoms with van der Waals surface area (Å²) in [5, 5.41) is 10.4. The summed E-state index contributed by atoms with van der Waals surface area (Å²) in [5.74, 6) is 7.36. The molecule has 0 fully saturated rings. The highest BCUT2D eigenvalue weighted by molar-refractivity contribution is 7.10. The third-order valence-electron chi connectivity index (χ3n) is 4.41. The highest BCUT2D eigenvalue weighted by atomic mass is 32.1. The molecule has 4 aromatic rings. The van der Waals surface area contributed by atoms with Gasteiger partial charge in [0.25, 0.3) is 0 Å². The van der Waals surface area contributed by atoms with Crippen molar-refractivity contribution in [2.75, 3.05) is 0 Å². The zero-order valence-corrected chi connectivity index (χ0v) is 16.9. The molecule has 0 amide bonds. The van der Waals surface area contributed by atoms with Gasteiger partial charge < -0.3 is 4.42 Å². The third kappa shape index (κ3) is 4.05. The number of hydrogen-bond donors (Lipinski definition) is 0. The predicted octanol–water partition coefficient (Wildman–Crippen LogP) is 6.16. The lowest BCUT2D eigenvalue weighted by molar-refractivity contribution is 0.582. The van der Waals surface area contributed by atoms with Crippen LogP contribution in [-0.4, -0.2) is 10.2 Å². The summed E-state index contributed by atoms with van der Waals surface area (Å²) in [7, 11) is 0. The van der Waals surface area contributed by atoms with E-state index in [9.17, 15) is 0 Å². The molecule has 4 heteroatoms. The zero-order chi connectivity index (χ0) is 19.6. The molecule has 0 aliphatic carbocycles. The molecule has 2 heterocycles. The molecule has 3 nitrogen and oxygen atoms in total. The van der Waals surface area contributed by atoms with Gasteiger partial charge in [0.2, 0.25) is 11.8 Å². The van der Waals surface area contributed by atoms with Gasteiger partial charge in [0.1, 0.15) is 0 Å². The molecule has 0 N–H and O–H groups in total. The largest absolute Gasteiger partial charge is 0.416 e. The second-order valence-electron chi connectivity index (χ2n) is 7.54. The number of nitrogens with zero attached hydrogens (tertiary/aromatic N) is 2. The maximum absolute atomic E-state index is 5.88.